The van der Waals surface area contributed by atoms with Gasteiger partial charge in [0.05, 0.1) is 4.90 Å². The average Bonchev–Trinajstić information content (AvgIpc) is 2.38. The second kappa shape index (κ2) is 6.83. The predicted molar refractivity (Wildman–Crippen MR) is 79.2 cm³/mol. The van der Waals surface area contributed by atoms with E-state index >= 15 is 0 Å². The van der Waals surface area contributed by atoms with E-state index in [2.05, 4.69) is 10.6 Å². The molecule has 0 atom stereocenters. The number of sulfonamides is 1. The molecule has 1 aromatic rings. The van der Waals surface area contributed by atoms with Crippen LogP contribution in [0.15, 0.2) is 23.1 Å². The molecule has 1 rings (SSSR count). The third kappa shape index (κ3) is 4.03. The monoisotopic (exact) mass is 299 g/mol. The molecule has 1 amide bonds. The molecule has 0 spiro atoms. The first-order valence-electron chi connectivity index (χ1n) is 6.26. The fraction of sp³-hybridized carbons (Fsp3) is 0.462. The van der Waals surface area contributed by atoms with Crippen LogP contribution in [0.5, 0.6) is 0 Å². The molecule has 0 aliphatic carbocycles. The molecular formula is C13H21N3O3S. The van der Waals surface area contributed by atoms with Gasteiger partial charge in [0, 0.05) is 32.7 Å². The molecule has 0 aliphatic heterocycles. The van der Waals surface area contributed by atoms with E-state index in [1.54, 1.807) is 26.1 Å². The van der Waals surface area contributed by atoms with E-state index in [-0.39, 0.29) is 10.8 Å². The van der Waals surface area contributed by atoms with Crippen LogP contribution >= 0.6 is 0 Å². The standard InChI is InChI=1S/C13H21N3O3S/c1-10-5-6-11(15-13(17)7-8-14-2)9-12(10)20(18,19)16(3)4/h5-6,9,14H,7-8H2,1-4H3,(H,15,17). The Hall–Kier alpha value is -1.44. The number of rotatable bonds is 6. The summed E-state index contributed by atoms with van der Waals surface area (Å²) in [5.41, 5.74) is 1.13. The number of benzene rings is 1. The van der Waals surface area contributed by atoms with Gasteiger partial charge in [0.1, 0.15) is 0 Å². The van der Waals surface area contributed by atoms with Crippen molar-refractivity contribution in [1.29, 1.82) is 0 Å². The van der Waals surface area contributed by atoms with Gasteiger partial charge in [-0.1, -0.05) is 6.07 Å². The lowest BCUT2D eigenvalue weighted by Gasteiger charge is -2.15. The zero-order valence-corrected chi connectivity index (χ0v) is 13.0. The summed E-state index contributed by atoms with van der Waals surface area (Å²) < 4.78 is 25.5. The first-order chi connectivity index (χ1) is 9.28. The molecule has 0 saturated carbocycles. The zero-order valence-electron chi connectivity index (χ0n) is 12.2. The van der Waals surface area contributed by atoms with Crippen LogP contribution in [0.1, 0.15) is 12.0 Å². The minimum Gasteiger partial charge on any atom is -0.326 e. The average molecular weight is 299 g/mol. The zero-order chi connectivity index (χ0) is 15.3. The molecule has 0 unspecified atom stereocenters. The van der Waals surface area contributed by atoms with Gasteiger partial charge < -0.3 is 10.6 Å². The number of nitrogens with zero attached hydrogens (tertiary/aromatic N) is 1. The lowest BCUT2D eigenvalue weighted by atomic mass is 10.2. The van der Waals surface area contributed by atoms with Crippen LogP contribution in [-0.4, -0.2) is 46.3 Å². The highest BCUT2D eigenvalue weighted by atomic mass is 32.2. The van der Waals surface area contributed by atoms with Crippen molar-refractivity contribution in [2.24, 2.45) is 0 Å². The van der Waals surface area contributed by atoms with Gasteiger partial charge in [-0.2, -0.15) is 0 Å². The van der Waals surface area contributed by atoms with Crippen LogP contribution in [0.3, 0.4) is 0 Å². The third-order valence-electron chi connectivity index (χ3n) is 2.83. The number of amides is 1. The van der Waals surface area contributed by atoms with Crippen molar-refractivity contribution in [1.82, 2.24) is 9.62 Å². The van der Waals surface area contributed by atoms with E-state index in [4.69, 9.17) is 0 Å². The summed E-state index contributed by atoms with van der Waals surface area (Å²) in [7, 11) is 1.21. The highest BCUT2D eigenvalue weighted by Crippen LogP contribution is 2.22. The van der Waals surface area contributed by atoms with Crippen LogP contribution in [0.2, 0.25) is 0 Å². The van der Waals surface area contributed by atoms with Crippen LogP contribution in [0.4, 0.5) is 5.69 Å². The molecule has 1 aromatic carbocycles. The summed E-state index contributed by atoms with van der Waals surface area (Å²) in [6, 6.07) is 4.87. The van der Waals surface area contributed by atoms with Crippen molar-refractivity contribution in [3.05, 3.63) is 23.8 Å². The van der Waals surface area contributed by atoms with Gasteiger partial charge in [-0.25, -0.2) is 12.7 Å². The van der Waals surface area contributed by atoms with Crippen molar-refractivity contribution in [3.63, 3.8) is 0 Å². The van der Waals surface area contributed by atoms with E-state index in [9.17, 15) is 13.2 Å². The van der Waals surface area contributed by atoms with E-state index < -0.39 is 10.0 Å². The second-order valence-electron chi connectivity index (χ2n) is 4.67. The second-order valence-corrected chi connectivity index (χ2v) is 6.79. The summed E-state index contributed by atoms with van der Waals surface area (Å²) >= 11 is 0. The Morgan fingerprint density at radius 1 is 1.30 bits per heavy atom. The van der Waals surface area contributed by atoms with Gasteiger partial charge in [-0.15, -0.1) is 0 Å². The lowest BCUT2D eigenvalue weighted by Crippen LogP contribution is -2.23. The smallest absolute Gasteiger partial charge is 0.242 e. The molecule has 0 aliphatic rings. The van der Waals surface area contributed by atoms with E-state index in [0.29, 0.717) is 24.2 Å². The Balaban J connectivity index is 3.01. The largest absolute Gasteiger partial charge is 0.326 e. The highest BCUT2D eigenvalue weighted by molar-refractivity contribution is 7.89. The number of nitrogens with one attached hydrogen (secondary N) is 2. The molecule has 0 saturated heterocycles. The van der Waals surface area contributed by atoms with Gasteiger partial charge in [0.15, 0.2) is 0 Å². The number of aryl methyl sites for hydroxylation is 1. The molecule has 0 heterocycles. The van der Waals surface area contributed by atoms with Gasteiger partial charge in [-0.3, -0.25) is 4.79 Å². The Morgan fingerprint density at radius 3 is 2.50 bits per heavy atom. The highest BCUT2D eigenvalue weighted by Gasteiger charge is 2.20. The molecule has 112 valence electrons. The minimum atomic E-state index is -3.51. The molecule has 0 fully saturated rings. The Labute approximate surface area is 120 Å². The summed E-state index contributed by atoms with van der Waals surface area (Å²) in [6.07, 6.45) is 0.333. The van der Waals surface area contributed by atoms with Crippen LogP contribution < -0.4 is 10.6 Å². The van der Waals surface area contributed by atoms with Crippen molar-refractivity contribution in [2.45, 2.75) is 18.2 Å². The number of carbonyl (C=O) groups is 1. The van der Waals surface area contributed by atoms with Crippen LogP contribution in [0.25, 0.3) is 0 Å². The SMILES string of the molecule is CNCCC(=O)Nc1ccc(C)c(S(=O)(=O)N(C)C)c1. The Kier molecular flexibility index (Phi) is 5.67. The quantitative estimate of drug-likeness (QED) is 0.814. The van der Waals surface area contributed by atoms with Crippen molar-refractivity contribution >= 4 is 21.6 Å². The van der Waals surface area contributed by atoms with E-state index in [1.165, 1.54) is 20.2 Å². The van der Waals surface area contributed by atoms with Crippen molar-refractivity contribution in [3.8, 4) is 0 Å². The third-order valence-corrected chi connectivity index (χ3v) is 4.79. The molecule has 0 aromatic heterocycles. The van der Waals surface area contributed by atoms with Crippen molar-refractivity contribution in [2.75, 3.05) is 33.0 Å². The summed E-state index contributed by atoms with van der Waals surface area (Å²) in [5, 5.41) is 5.57. The Morgan fingerprint density at radius 2 is 1.95 bits per heavy atom. The van der Waals surface area contributed by atoms with E-state index in [0.717, 1.165) is 4.31 Å². The first kappa shape index (κ1) is 16.6. The number of hydrogen-bond donors (Lipinski definition) is 2. The number of hydrogen-bond acceptors (Lipinski definition) is 4. The van der Waals surface area contributed by atoms with Crippen LogP contribution in [0, 0.1) is 6.92 Å². The Bertz CT molecular complexity index is 583. The predicted octanol–water partition coefficient (Wildman–Crippen LogP) is 0.793. The molecule has 0 radical (unpaired) electrons. The summed E-state index contributed by atoms with van der Waals surface area (Å²) in [6.45, 7) is 2.30. The minimum absolute atomic E-state index is 0.156. The normalized spacial score (nSPS) is 11.7. The molecule has 2 N–H and O–H groups in total. The molecule has 0 bridgehead atoms. The van der Waals surface area contributed by atoms with E-state index in [1.807, 2.05) is 0 Å². The van der Waals surface area contributed by atoms with Gasteiger partial charge in [0.25, 0.3) is 0 Å². The topological polar surface area (TPSA) is 78.5 Å². The summed E-state index contributed by atoms with van der Waals surface area (Å²) in [5.74, 6) is -0.156. The lowest BCUT2D eigenvalue weighted by molar-refractivity contribution is -0.116. The first-order valence-corrected chi connectivity index (χ1v) is 7.70. The van der Waals surface area contributed by atoms with Crippen LogP contribution in [-0.2, 0) is 14.8 Å². The maximum Gasteiger partial charge on any atom is 0.242 e. The molecule has 7 heteroatoms. The maximum absolute atomic E-state index is 12.2. The summed E-state index contributed by atoms with van der Waals surface area (Å²) in [4.78, 5) is 11.8. The van der Waals surface area contributed by atoms with Gasteiger partial charge in [0.2, 0.25) is 15.9 Å². The number of anilines is 1. The fourth-order valence-corrected chi connectivity index (χ4v) is 2.76. The van der Waals surface area contributed by atoms with Crippen molar-refractivity contribution < 1.29 is 13.2 Å². The molecule has 20 heavy (non-hydrogen) atoms. The number of carbonyl (C=O) groups excluding carboxylic acids is 1. The fourth-order valence-electron chi connectivity index (χ4n) is 1.61. The molecular weight excluding hydrogens is 278 g/mol. The van der Waals surface area contributed by atoms with Gasteiger partial charge >= 0.3 is 0 Å². The molecule has 6 nitrogen and oxygen atoms in total. The maximum atomic E-state index is 12.2. The van der Waals surface area contributed by atoms with Gasteiger partial charge in [-0.05, 0) is 31.7 Å².